The van der Waals surface area contributed by atoms with Crippen LogP contribution in [0, 0.1) is 0 Å². The average Bonchev–Trinajstić information content (AvgIpc) is 2.91. The fourth-order valence-electron chi connectivity index (χ4n) is 2.53. The van der Waals surface area contributed by atoms with Crippen LogP contribution in [0.25, 0.3) is 10.9 Å². The van der Waals surface area contributed by atoms with Gasteiger partial charge in [-0.25, -0.2) is 0 Å². The Bertz CT molecular complexity index is 716. The lowest BCUT2D eigenvalue weighted by Gasteiger charge is -2.07. The van der Waals surface area contributed by atoms with E-state index in [1.807, 2.05) is 31.5 Å². The molecule has 0 fully saturated rings. The summed E-state index contributed by atoms with van der Waals surface area (Å²) >= 11 is 0. The zero-order valence-electron chi connectivity index (χ0n) is 11.6. The minimum atomic E-state index is 0.323. The molecule has 0 aliphatic rings. The van der Waals surface area contributed by atoms with Gasteiger partial charge in [0.25, 0.3) is 0 Å². The summed E-state index contributed by atoms with van der Waals surface area (Å²) in [5.41, 5.74) is 3.07. The molecule has 3 nitrogen and oxygen atoms in total. The third kappa shape index (κ3) is 2.27. The second kappa shape index (κ2) is 5.37. The topological polar surface area (TPSA) is 38.0 Å². The van der Waals surface area contributed by atoms with Gasteiger partial charge < -0.3 is 9.67 Å². The summed E-state index contributed by atoms with van der Waals surface area (Å²) in [5, 5.41) is 11.1. The molecule has 0 spiro atoms. The van der Waals surface area contributed by atoms with Crippen molar-refractivity contribution in [3.8, 4) is 5.75 Å². The Morgan fingerprint density at radius 2 is 1.95 bits per heavy atom. The first-order valence-electron chi connectivity index (χ1n) is 6.99. The summed E-state index contributed by atoms with van der Waals surface area (Å²) in [7, 11) is 0. The largest absolute Gasteiger partial charge is 0.505 e. The highest BCUT2D eigenvalue weighted by molar-refractivity contribution is 5.86. The fraction of sp³-hybridized carbons (Fsp3) is 0.235. The van der Waals surface area contributed by atoms with Crippen molar-refractivity contribution in [3.63, 3.8) is 0 Å². The van der Waals surface area contributed by atoms with Gasteiger partial charge in [-0.2, -0.15) is 0 Å². The van der Waals surface area contributed by atoms with Crippen LogP contribution in [0.4, 0.5) is 0 Å². The monoisotopic (exact) mass is 266 g/mol. The maximum absolute atomic E-state index is 10.2. The number of pyridine rings is 1. The van der Waals surface area contributed by atoms with Crippen molar-refractivity contribution in [1.29, 1.82) is 0 Å². The standard InChI is InChI=1S/C17H18N2O/c1-2-15-17(20)14-9-11-19(16(14)12-18-15)10-8-13-6-4-3-5-7-13/h3-7,9,11-12,20H,2,8,10H2,1H3. The number of aromatic hydroxyl groups is 1. The van der Waals surface area contributed by atoms with E-state index in [0.29, 0.717) is 5.75 Å². The Labute approximate surface area is 118 Å². The van der Waals surface area contributed by atoms with E-state index in [9.17, 15) is 5.11 Å². The quantitative estimate of drug-likeness (QED) is 0.784. The van der Waals surface area contributed by atoms with E-state index in [-0.39, 0.29) is 0 Å². The summed E-state index contributed by atoms with van der Waals surface area (Å²) in [6.07, 6.45) is 5.60. The van der Waals surface area contributed by atoms with Crippen LogP contribution in [0.2, 0.25) is 0 Å². The van der Waals surface area contributed by atoms with Crippen LogP contribution in [0.15, 0.2) is 48.8 Å². The van der Waals surface area contributed by atoms with E-state index in [2.05, 4.69) is 33.8 Å². The van der Waals surface area contributed by atoms with Gasteiger partial charge in [-0.05, 0) is 24.5 Å². The molecule has 20 heavy (non-hydrogen) atoms. The molecule has 1 N–H and O–H groups in total. The van der Waals surface area contributed by atoms with Crippen LogP contribution in [0.1, 0.15) is 18.2 Å². The van der Waals surface area contributed by atoms with Crippen LogP contribution in [-0.2, 0) is 19.4 Å². The van der Waals surface area contributed by atoms with Crippen molar-refractivity contribution < 1.29 is 5.11 Å². The Hall–Kier alpha value is -2.29. The molecule has 0 unspecified atom stereocenters. The van der Waals surface area contributed by atoms with E-state index in [1.54, 1.807) is 0 Å². The molecule has 2 aromatic heterocycles. The van der Waals surface area contributed by atoms with Crippen LogP contribution >= 0.6 is 0 Å². The van der Waals surface area contributed by atoms with Gasteiger partial charge in [0.15, 0.2) is 0 Å². The highest BCUT2D eigenvalue weighted by Crippen LogP contribution is 2.28. The Morgan fingerprint density at radius 3 is 2.70 bits per heavy atom. The van der Waals surface area contributed by atoms with E-state index in [0.717, 1.165) is 36.0 Å². The summed E-state index contributed by atoms with van der Waals surface area (Å²) in [6, 6.07) is 12.4. The molecule has 0 aliphatic carbocycles. The lowest BCUT2D eigenvalue weighted by atomic mass is 10.1. The first kappa shape index (κ1) is 12.7. The van der Waals surface area contributed by atoms with Gasteiger partial charge in [0, 0.05) is 18.1 Å². The zero-order chi connectivity index (χ0) is 13.9. The summed E-state index contributed by atoms with van der Waals surface area (Å²) < 4.78 is 2.15. The predicted octanol–water partition coefficient (Wildman–Crippen LogP) is 3.55. The van der Waals surface area contributed by atoms with Crippen LogP contribution in [0.3, 0.4) is 0 Å². The summed E-state index contributed by atoms with van der Waals surface area (Å²) in [6.45, 7) is 2.89. The molecule has 0 bridgehead atoms. The van der Waals surface area contributed by atoms with Crippen molar-refractivity contribution >= 4 is 10.9 Å². The van der Waals surface area contributed by atoms with E-state index in [4.69, 9.17) is 0 Å². The number of benzene rings is 1. The molecule has 0 saturated heterocycles. The van der Waals surface area contributed by atoms with Gasteiger partial charge >= 0.3 is 0 Å². The first-order valence-corrected chi connectivity index (χ1v) is 6.99. The molecule has 3 heteroatoms. The smallest absolute Gasteiger partial charge is 0.146 e. The van der Waals surface area contributed by atoms with Crippen LogP contribution in [0.5, 0.6) is 5.75 Å². The van der Waals surface area contributed by atoms with Gasteiger partial charge in [-0.15, -0.1) is 0 Å². The molecule has 0 radical (unpaired) electrons. The minimum Gasteiger partial charge on any atom is -0.505 e. The molecule has 0 amide bonds. The van der Waals surface area contributed by atoms with Crippen molar-refractivity contribution in [2.75, 3.05) is 0 Å². The number of nitrogens with zero attached hydrogens (tertiary/aromatic N) is 2. The Kier molecular flexibility index (Phi) is 3.42. The lowest BCUT2D eigenvalue weighted by Crippen LogP contribution is -2.00. The van der Waals surface area contributed by atoms with E-state index < -0.39 is 0 Å². The molecule has 0 atom stereocenters. The van der Waals surface area contributed by atoms with Crippen LogP contribution < -0.4 is 0 Å². The van der Waals surface area contributed by atoms with Gasteiger partial charge in [0.1, 0.15) is 5.75 Å². The number of hydrogen-bond donors (Lipinski definition) is 1. The Morgan fingerprint density at radius 1 is 1.15 bits per heavy atom. The second-order valence-electron chi connectivity index (χ2n) is 4.95. The second-order valence-corrected chi connectivity index (χ2v) is 4.95. The minimum absolute atomic E-state index is 0.323. The highest BCUT2D eigenvalue weighted by Gasteiger charge is 2.09. The molecular weight excluding hydrogens is 248 g/mol. The van der Waals surface area contributed by atoms with Gasteiger partial charge in [-0.3, -0.25) is 4.98 Å². The molecule has 3 aromatic rings. The van der Waals surface area contributed by atoms with Crippen molar-refractivity contribution in [2.24, 2.45) is 0 Å². The molecule has 0 saturated carbocycles. The third-order valence-electron chi connectivity index (χ3n) is 3.70. The van der Waals surface area contributed by atoms with E-state index >= 15 is 0 Å². The fourth-order valence-corrected chi connectivity index (χ4v) is 2.53. The molecule has 2 heterocycles. The lowest BCUT2D eigenvalue weighted by molar-refractivity contribution is 0.471. The molecular formula is C17H18N2O. The number of rotatable bonds is 4. The average molecular weight is 266 g/mol. The normalized spacial score (nSPS) is 11.1. The van der Waals surface area contributed by atoms with Gasteiger partial charge in [0.05, 0.1) is 17.4 Å². The Balaban J connectivity index is 1.88. The summed E-state index contributed by atoms with van der Waals surface area (Å²) in [4.78, 5) is 4.34. The van der Waals surface area contributed by atoms with Gasteiger partial charge in [0.2, 0.25) is 0 Å². The van der Waals surface area contributed by atoms with Gasteiger partial charge in [-0.1, -0.05) is 37.3 Å². The molecule has 102 valence electrons. The number of hydrogen-bond acceptors (Lipinski definition) is 2. The van der Waals surface area contributed by atoms with Crippen molar-refractivity contribution in [1.82, 2.24) is 9.55 Å². The molecule has 3 rings (SSSR count). The van der Waals surface area contributed by atoms with Crippen molar-refractivity contribution in [3.05, 3.63) is 60.0 Å². The number of fused-ring (bicyclic) bond motifs is 1. The van der Waals surface area contributed by atoms with E-state index in [1.165, 1.54) is 5.56 Å². The number of aryl methyl sites for hydroxylation is 3. The maximum Gasteiger partial charge on any atom is 0.146 e. The summed E-state index contributed by atoms with van der Waals surface area (Å²) in [5.74, 6) is 0.323. The predicted molar refractivity (Wildman–Crippen MR) is 80.9 cm³/mol. The highest BCUT2D eigenvalue weighted by atomic mass is 16.3. The van der Waals surface area contributed by atoms with Crippen molar-refractivity contribution in [2.45, 2.75) is 26.3 Å². The SMILES string of the molecule is CCc1ncc2c(ccn2CCc2ccccc2)c1O. The maximum atomic E-state index is 10.2. The number of aromatic nitrogens is 2. The zero-order valence-corrected chi connectivity index (χ0v) is 11.6. The molecule has 1 aromatic carbocycles. The third-order valence-corrected chi connectivity index (χ3v) is 3.70. The first-order chi connectivity index (χ1) is 9.79. The molecule has 0 aliphatic heterocycles. The van der Waals surface area contributed by atoms with Crippen LogP contribution in [-0.4, -0.2) is 14.7 Å².